The molecule has 0 aromatic heterocycles. The predicted molar refractivity (Wildman–Crippen MR) is 287 cm³/mol. The van der Waals surface area contributed by atoms with Crippen LogP contribution in [0.5, 0.6) is 23.0 Å². The number of amides is 6. The number of nitrogens with one attached hydrogen (secondary N) is 2. The number of hydrogen-bond acceptors (Lipinski definition) is 13. The van der Waals surface area contributed by atoms with Crippen molar-refractivity contribution < 1.29 is 62.0 Å². The van der Waals surface area contributed by atoms with E-state index in [2.05, 4.69) is 42.7 Å². The molecular formula is C61H66N4O13. The smallest absolute Gasteiger partial charge is 0.329 e. The first kappa shape index (κ1) is 55.9. The van der Waals surface area contributed by atoms with Gasteiger partial charge in [0.2, 0.25) is 17.7 Å². The van der Waals surface area contributed by atoms with Crippen LogP contribution >= 0.6 is 0 Å². The van der Waals surface area contributed by atoms with E-state index in [1.807, 2.05) is 38.1 Å². The number of rotatable bonds is 22. The highest BCUT2D eigenvalue weighted by atomic mass is 16.5. The second-order valence-electron chi connectivity index (χ2n) is 20.0. The number of esters is 1. The van der Waals surface area contributed by atoms with E-state index in [0.29, 0.717) is 60.6 Å². The van der Waals surface area contributed by atoms with E-state index in [-0.39, 0.29) is 61.0 Å². The van der Waals surface area contributed by atoms with Gasteiger partial charge in [0.1, 0.15) is 36.3 Å². The van der Waals surface area contributed by atoms with Gasteiger partial charge in [0.25, 0.3) is 17.7 Å². The maximum atomic E-state index is 14.5. The van der Waals surface area contributed by atoms with Crippen LogP contribution in [0.2, 0.25) is 0 Å². The number of hydrogen-bond donors (Lipinski definition) is 2. The second-order valence-corrected chi connectivity index (χ2v) is 20.0. The third kappa shape index (κ3) is 12.9. The number of imide groups is 2. The summed E-state index contributed by atoms with van der Waals surface area (Å²) in [5.41, 5.74) is 7.09. The van der Waals surface area contributed by atoms with Gasteiger partial charge < -0.3 is 33.9 Å². The molecular weight excluding hydrogens is 997 g/mol. The first-order valence-electron chi connectivity index (χ1n) is 26.4. The maximum absolute atomic E-state index is 14.5. The quantitative estimate of drug-likeness (QED) is 0.0503. The Bertz CT molecular complexity index is 3130. The molecule has 2 saturated heterocycles. The van der Waals surface area contributed by atoms with E-state index >= 15 is 0 Å². The number of carbonyl (C=O) groups is 8. The minimum atomic E-state index is -1.14. The number of Topliss-reactive ketones (excluding diaryl/α,β-unsaturated/α-hetero) is 1. The fourth-order valence-corrected chi connectivity index (χ4v) is 10.4. The van der Waals surface area contributed by atoms with Gasteiger partial charge in [0.15, 0.2) is 23.9 Å². The van der Waals surface area contributed by atoms with Crippen LogP contribution in [0.15, 0.2) is 97.1 Å². The Morgan fingerprint density at radius 3 is 2.27 bits per heavy atom. The zero-order valence-corrected chi connectivity index (χ0v) is 44.9. The lowest BCUT2D eigenvalue weighted by molar-refractivity contribution is -0.162. The number of nitrogens with zero attached hydrogens (tertiary/aromatic N) is 2. The number of ether oxygens (including phenoxy) is 5. The molecule has 8 rings (SSSR count). The van der Waals surface area contributed by atoms with Crippen LogP contribution in [0.25, 0.3) is 0 Å². The molecule has 3 aliphatic heterocycles. The summed E-state index contributed by atoms with van der Waals surface area (Å²) in [6, 6.07) is 26.8. The molecule has 17 heteroatoms. The summed E-state index contributed by atoms with van der Waals surface area (Å²) in [6.07, 6.45) is 2.82. The lowest BCUT2D eigenvalue weighted by Crippen LogP contribution is -2.54. The average molecular weight is 1060 g/mol. The molecule has 5 aromatic rings. The summed E-state index contributed by atoms with van der Waals surface area (Å²) in [5, 5.41) is 5.03. The van der Waals surface area contributed by atoms with Crippen molar-refractivity contribution in [2.45, 2.75) is 116 Å². The van der Waals surface area contributed by atoms with Crippen LogP contribution in [0.4, 0.5) is 0 Å². The topological polar surface area (TPSA) is 213 Å². The Labute approximate surface area is 453 Å². The highest BCUT2D eigenvalue weighted by Gasteiger charge is 2.46. The lowest BCUT2D eigenvalue weighted by atomic mass is 9.91. The van der Waals surface area contributed by atoms with Gasteiger partial charge >= 0.3 is 5.97 Å². The van der Waals surface area contributed by atoms with E-state index in [1.54, 1.807) is 55.5 Å². The Morgan fingerprint density at radius 1 is 0.731 bits per heavy atom. The van der Waals surface area contributed by atoms with Crippen molar-refractivity contribution in [3.63, 3.8) is 0 Å². The molecule has 0 saturated carbocycles. The molecule has 2 unspecified atom stereocenters. The van der Waals surface area contributed by atoms with Gasteiger partial charge in [-0.05, 0) is 141 Å². The van der Waals surface area contributed by atoms with Gasteiger partial charge in [-0.2, -0.15) is 0 Å². The van der Waals surface area contributed by atoms with Crippen molar-refractivity contribution in [1.29, 1.82) is 0 Å². The molecule has 408 valence electrons. The van der Waals surface area contributed by atoms with Gasteiger partial charge in [0.05, 0.1) is 31.3 Å². The molecule has 5 aromatic carbocycles. The molecule has 4 atom stereocenters. The van der Waals surface area contributed by atoms with E-state index in [9.17, 15) is 38.4 Å². The lowest BCUT2D eigenvalue weighted by Gasteiger charge is -2.37. The Kier molecular flexibility index (Phi) is 18.1. The SMILES string of the molecule is CC[C@H](C(=O)N1CCCC[C@H]1C(=O)OC(CCc1ccc(C)c(C)c1)c1cccc(OCC(=O)NCc2cccc(CC(=O)COc3cccc4c3C(=O)N(C3CCC(=O)NC3=O)C4=O)c2)c1)c1cc(C)c(OC)c(OC)c1. The molecule has 0 bridgehead atoms. The Morgan fingerprint density at radius 2 is 1.51 bits per heavy atom. The van der Waals surface area contributed by atoms with Crippen molar-refractivity contribution in [1.82, 2.24) is 20.4 Å². The Balaban J connectivity index is 0.877. The second kappa shape index (κ2) is 25.2. The molecule has 3 heterocycles. The monoisotopic (exact) mass is 1060 g/mol. The molecule has 2 N–H and O–H groups in total. The highest BCUT2D eigenvalue weighted by molar-refractivity contribution is 6.24. The van der Waals surface area contributed by atoms with E-state index in [4.69, 9.17) is 23.7 Å². The largest absolute Gasteiger partial charge is 0.493 e. The molecule has 17 nitrogen and oxygen atoms in total. The van der Waals surface area contributed by atoms with Gasteiger partial charge in [-0.25, -0.2) is 4.79 Å². The fraction of sp³-hybridized carbons (Fsp3) is 0.377. The molecule has 6 amide bonds. The van der Waals surface area contributed by atoms with E-state index < -0.39 is 66.2 Å². The average Bonchev–Trinajstić information content (AvgIpc) is 3.72. The molecule has 78 heavy (non-hydrogen) atoms. The number of methoxy groups -OCH3 is 2. The Hall–Kier alpha value is -8.34. The van der Waals surface area contributed by atoms with Crippen molar-refractivity contribution >= 4 is 47.2 Å². The summed E-state index contributed by atoms with van der Waals surface area (Å²) in [6.45, 7) is 7.83. The van der Waals surface area contributed by atoms with Crippen molar-refractivity contribution in [2.24, 2.45) is 0 Å². The van der Waals surface area contributed by atoms with Crippen LogP contribution in [-0.4, -0.2) is 103 Å². The number of fused-ring (bicyclic) bond motifs is 1. The predicted octanol–water partition coefficient (Wildman–Crippen LogP) is 7.71. The minimum Gasteiger partial charge on any atom is -0.493 e. The number of likely N-dealkylation sites (tertiary alicyclic amines) is 1. The maximum Gasteiger partial charge on any atom is 0.329 e. The van der Waals surface area contributed by atoms with Crippen LogP contribution in [0.3, 0.4) is 0 Å². The summed E-state index contributed by atoms with van der Waals surface area (Å²) < 4.78 is 29.4. The van der Waals surface area contributed by atoms with E-state index in [0.717, 1.165) is 45.6 Å². The standard InChI is InChI=1S/C61H66N4O13/c1-7-46(43-28-38(4)56(75-6)52(32-43)74-5)58(70)64-26-9-8-18-49(64)61(73)78-50(24-22-39-21-20-36(2)37(3)27-39)42-15-11-16-45(31-42)76-35-54(68)62-33-41-14-10-13-40(29-41)30-44(66)34-77-51-19-12-17-47-55(51)60(72)65(59(47)71)48-23-25-53(67)63-57(48)69/h10-17,19-21,27-29,31-32,46,48-50H,7-9,18,22-26,30,33-35H2,1-6H3,(H,62,68)(H,63,67,69)/t46-,48?,49-,50?/m0/s1. The summed E-state index contributed by atoms with van der Waals surface area (Å²) in [7, 11) is 3.14. The van der Waals surface area contributed by atoms with Crippen molar-refractivity contribution in [3.8, 4) is 23.0 Å². The number of piperidine rings is 2. The molecule has 3 aliphatic rings. The van der Waals surface area contributed by atoms with Crippen molar-refractivity contribution in [3.05, 3.63) is 153 Å². The molecule has 0 spiro atoms. The van der Waals surface area contributed by atoms with Crippen LogP contribution in [-0.2, 0) is 52.9 Å². The minimum absolute atomic E-state index is 0.00580. The molecule has 0 aliphatic carbocycles. The van der Waals surface area contributed by atoms with Crippen molar-refractivity contribution in [2.75, 3.05) is 34.0 Å². The zero-order chi connectivity index (χ0) is 55.6. The fourth-order valence-electron chi connectivity index (χ4n) is 10.4. The number of carbonyl (C=O) groups excluding carboxylic acids is 8. The molecule has 0 radical (unpaired) electrons. The van der Waals surface area contributed by atoms with Gasteiger partial charge in [-0.15, -0.1) is 0 Å². The number of benzene rings is 5. The first-order valence-corrected chi connectivity index (χ1v) is 26.4. The normalized spacial score (nSPS) is 16.9. The summed E-state index contributed by atoms with van der Waals surface area (Å²) in [4.78, 5) is 109. The number of ketones is 1. The number of aryl methyl sites for hydroxylation is 4. The van der Waals surface area contributed by atoms with Crippen LogP contribution in [0.1, 0.15) is 129 Å². The zero-order valence-electron chi connectivity index (χ0n) is 44.9. The van der Waals surface area contributed by atoms with Gasteiger partial charge in [0, 0.05) is 25.9 Å². The van der Waals surface area contributed by atoms with E-state index in [1.165, 1.54) is 23.8 Å². The summed E-state index contributed by atoms with van der Waals surface area (Å²) in [5.74, 6) is -2.94. The van der Waals surface area contributed by atoms with Crippen LogP contribution in [0, 0.1) is 20.8 Å². The first-order chi connectivity index (χ1) is 37.6. The van der Waals surface area contributed by atoms with Gasteiger partial charge in [-0.1, -0.05) is 73.7 Å². The third-order valence-corrected chi connectivity index (χ3v) is 14.7. The van der Waals surface area contributed by atoms with Gasteiger partial charge in [-0.3, -0.25) is 43.8 Å². The highest BCUT2D eigenvalue weighted by Crippen LogP contribution is 2.38. The summed E-state index contributed by atoms with van der Waals surface area (Å²) >= 11 is 0. The third-order valence-electron chi connectivity index (χ3n) is 14.7. The molecule has 2 fully saturated rings. The van der Waals surface area contributed by atoms with Crippen LogP contribution < -0.4 is 29.6 Å².